The highest BCUT2D eigenvalue weighted by Crippen LogP contribution is 2.28. The molecule has 0 aliphatic heterocycles. The molecular formula is C12H14ClNO2S. The molecule has 0 unspecified atom stereocenters. The Balaban J connectivity index is 1.93. The van der Waals surface area contributed by atoms with Gasteiger partial charge in [0.25, 0.3) is 0 Å². The largest absolute Gasteiger partial charge is 0.392 e. The number of nitrogens with one attached hydrogen (secondary N) is 1. The molecule has 1 saturated carbocycles. The van der Waals surface area contributed by atoms with Gasteiger partial charge < -0.3 is 10.4 Å². The molecule has 0 radical (unpaired) electrons. The number of rotatable bonds is 5. The molecule has 0 aromatic heterocycles. The van der Waals surface area contributed by atoms with Crippen molar-refractivity contribution in [2.24, 2.45) is 0 Å². The molecule has 5 heteroatoms. The van der Waals surface area contributed by atoms with Crippen LogP contribution in [0.2, 0.25) is 5.02 Å². The molecule has 1 aromatic carbocycles. The van der Waals surface area contributed by atoms with Crippen LogP contribution >= 0.6 is 23.4 Å². The first-order valence-corrected chi connectivity index (χ1v) is 6.87. The Morgan fingerprint density at radius 3 is 2.94 bits per heavy atom. The predicted octanol–water partition coefficient (Wildman–Crippen LogP) is 2.20. The summed E-state index contributed by atoms with van der Waals surface area (Å²) in [6, 6.07) is 5.82. The van der Waals surface area contributed by atoms with E-state index in [-0.39, 0.29) is 12.5 Å². The Bertz CT molecular complexity index is 421. The Hall–Kier alpha value is -0.710. The number of amides is 1. The maximum atomic E-state index is 11.5. The van der Waals surface area contributed by atoms with Crippen LogP contribution in [0.15, 0.2) is 23.1 Å². The smallest absolute Gasteiger partial charge is 0.230 e. The second-order valence-corrected chi connectivity index (χ2v) is 5.43. The van der Waals surface area contributed by atoms with Crippen LogP contribution in [0.4, 0.5) is 0 Å². The Labute approximate surface area is 110 Å². The first-order valence-electron chi connectivity index (χ1n) is 5.51. The molecule has 92 valence electrons. The highest BCUT2D eigenvalue weighted by atomic mass is 35.5. The lowest BCUT2D eigenvalue weighted by Gasteiger charge is -2.08. The normalized spacial score (nSPS) is 14.7. The third kappa shape index (κ3) is 3.63. The van der Waals surface area contributed by atoms with Crippen LogP contribution in [0, 0.1) is 0 Å². The van der Waals surface area contributed by atoms with E-state index in [1.165, 1.54) is 11.8 Å². The van der Waals surface area contributed by atoms with Gasteiger partial charge in [0.05, 0.1) is 12.4 Å². The van der Waals surface area contributed by atoms with Crippen LogP contribution in [0.3, 0.4) is 0 Å². The van der Waals surface area contributed by atoms with Crippen molar-refractivity contribution >= 4 is 29.3 Å². The van der Waals surface area contributed by atoms with Crippen LogP contribution in [0.1, 0.15) is 18.4 Å². The van der Waals surface area contributed by atoms with Crippen LogP contribution in [0.5, 0.6) is 0 Å². The summed E-state index contributed by atoms with van der Waals surface area (Å²) in [6.45, 7) is -0.105. The van der Waals surface area contributed by atoms with Crippen molar-refractivity contribution in [1.82, 2.24) is 5.32 Å². The quantitative estimate of drug-likeness (QED) is 0.808. The van der Waals surface area contributed by atoms with Gasteiger partial charge in [-0.3, -0.25) is 4.79 Å². The summed E-state index contributed by atoms with van der Waals surface area (Å²) in [5, 5.41) is 12.7. The average molecular weight is 272 g/mol. The molecule has 3 nitrogen and oxygen atoms in total. The molecule has 1 aliphatic rings. The third-order valence-electron chi connectivity index (χ3n) is 2.54. The molecule has 1 fully saturated rings. The van der Waals surface area contributed by atoms with E-state index in [1.54, 1.807) is 6.07 Å². The van der Waals surface area contributed by atoms with Crippen molar-refractivity contribution in [2.75, 3.05) is 5.75 Å². The maximum absolute atomic E-state index is 11.5. The monoisotopic (exact) mass is 271 g/mol. The molecule has 0 atom stereocenters. The van der Waals surface area contributed by atoms with Gasteiger partial charge in [-0.2, -0.15) is 0 Å². The number of aliphatic hydroxyl groups excluding tert-OH is 1. The molecule has 0 saturated heterocycles. The van der Waals surface area contributed by atoms with E-state index >= 15 is 0 Å². The molecule has 0 heterocycles. The molecule has 1 aliphatic carbocycles. The van der Waals surface area contributed by atoms with Gasteiger partial charge in [-0.1, -0.05) is 17.7 Å². The summed E-state index contributed by atoms with van der Waals surface area (Å²) in [5.74, 6) is 0.408. The van der Waals surface area contributed by atoms with Crippen molar-refractivity contribution in [2.45, 2.75) is 30.4 Å². The minimum absolute atomic E-state index is 0.0429. The average Bonchev–Trinajstić information content (AvgIpc) is 3.10. The summed E-state index contributed by atoms with van der Waals surface area (Å²) < 4.78 is 0. The SMILES string of the molecule is O=C(CSc1cccc(Cl)c1CO)NC1CC1. The highest BCUT2D eigenvalue weighted by molar-refractivity contribution is 8.00. The summed E-state index contributed by atoms with van der Waals surface area (Å²) in [7, 11) is 0. The number of thioether (sulfide) groups is 1. The molecule has 0 bridgehead atoms. The van der Waals surface area contributed by atoms with Gasteiger partial charge in [-0.05, 0) is 25.0 Å². The first kappa shape index (κ1) is 12.7. The van der Waals surface area contributed by atoms with Crippen molar-refractivity contribution < 1.29 is 9.90 Å². The van der Waals surface area contributed by atoms with E-state index < -0.39 is 0 Å². The number of halogens is 1. The fourth-order valence-corrected chi connectivity index (χ4v) is 2.65. The summed E-state index contributed by atoms with van der Waals surface area (Å²) >= 11 is 7.37. The number of carbonyl (C=O) groups is 1. The lowest BCUT2D eigenvalue weighted by atomic mass is 10.2. The zero-order chi connectivity index (χ0) is 12.3. The molecular weight excluding hydrogens is 258 g/mol. The summed E-state index contributed by atoms with van der Waals surface area (Å²) in [6.07, 6.45) is 2.19. The van der Waals surface area contributed by atoms with E-state index in [1.807, 2.05) is 12.1 Å². The molecule has 17 heavy (non-hydrogen) atoms. The van der Waals surface area contributed by atoms with Crippen molar-refractivity contribution in [3.05, 3.63) is 28.8 Å². The Morgan fingerprint density at radius 2 is 2.29 bits per heavy atom. The zero-order valence-corrected chi connectivity index (χ0v) is 10.9. The van der Waals surface area contributed by atoms with Crippen molar-refractivity contribution in [3.63, 3.8) is 0 Å². The van der Waals surface area contributed by atoms with Crippen LogP contribution in [-0.2, 0) is 11.4 Å². The van der Waals surface area contributed by atoms with E-state index in [2.05, 4.69) is 5.32 Å². The van der Waals surface area contributed by atoms with Gasteiger partial charge in [0.1, 0.15) is 0 Å². The lowest BCUT2D eigenvalue weighted by molar-refractivity contribution is -0.118. The second-order valence-electron chi connectivity index (χ2n) is 4.01. The molecule has 1 aromatic rings. The Morgan fingerprint density at radius 1 is 1.53 bits per heavy atom. The maximum Gasteiger partial charge on any atom is 0.230 e. The van der Waals surface area contributed by atoms with Gasteiger partial charge in [0, 0.05) is 21.5 Å². The molecule has 1 amide bonds. The third-order valence-corrected chi connectivity index (χ3v) is 3.99. The summed E-state index contributed by atoms with van der Waals surface area (Å²) in [4.78, 5) is 12.4. The van der Waals surface area contributed by atoms with Crippen molar-refractivity contribution in [3.8, 4) is 0 Å². The molecule has 0 spiro atoms. The van der Waals surface area contributed by atoms with Gasteiger partial charge in [-0.15, -0.1) is 11.8 Å². The fraction of sp³-hybridized carbons (Fsp3) is 0.417. The standard InChI is InChI=1S/C12H14ClNO2S/c13-10-2-1-3-11(9(10)6-15)17-7-12(16)14-8-4-5-8/h1-3,8,15H,4-7H2,(H,14,16). The lowest BCUT2D eigenvalue weighted by Crippen LogP contribution is -2.27. The van der Waals surface area contributed by atoms with E-state index in [4.69, 9.17) is 11.6 Å². The van der Waals surface area contributed by atoms with Gasteiger partial charge >= 0.3 is 0 Å². The first-order chi connectivity index (χ1) is 8.20. The molecule has 2 N–H and O–H groups in total. The number of aliphatic hydroxyl groups is 1. The van der Waals surface area contributed by atoms with Crippen LogP contribution < -0.4 is 5.32 Å². The minimum atomic E-state index is -0.105. The van der Waals surface area contributed by atoms with E-state index in [0.29, 0.717) is 22.4 Å². The van der Waals surface area contributed by atoms with E-state index in [9.17, 15) is 9.90 Å². The fourth-order valence-electron chi connectivity index (χ4n) is 1.47. The second kappa shape index (κ2) is 5.76. The minimum Gasteiger partial charge on any atom is -0.392 e. The van der Waals surface area contributed by atoms with E-state index in [0.717, 1.165) is 17.7 Å². The number of carbonyl (C=O) groups excluding carboxylic acids is 1. The van der Waals surface area contributed by atoms with Crippen LogP contribution in [0.25, 0.3) is 0 Å². The predicted molar refractivity (Wildman–Crippen MR) is 69.3 cm³/mol. The van der Waals surface area contributed by atoms with Crippen molar-refractivity contribution in [1.29, 1.82) is 0 Å². The van der Waals surface area contributed by atoms with Crippen LogP contribution in [-0.4, -0.2) is 22.8 Å². The highest BCUT2D eigenvalue weighted by Gasteiger charge is 2.23. The number of hydrogen-bond acceptors (Lipinski definition) is 3. The summed E-state index contributed by atoms with van der Waals surface area (Å²) in [5.41, 5.74) is 0.693. The zero-order valence-electron chi connectivity index (χ0n) is 9.28. The van der Waals surface area contributed by atoms with Gasteiger partial charge in [-0.25, -0.2) is 0 Å². The molecule has 2 rings (SSSR count). The van der Waals surface area contributed by atoms with Gasteiger partial charge in [0.15, 0.2) is 0 Å². The Kier molecular flexibility index (Phi) is 4.31. The van der Waals surface area contributed by atoms with Gasteiger partial charge in [0.2, 0.25) is 5.91 Å². The topological polar surface area (TPSA) is 49.3 Å². The number of benzene rings is 1. The number of hydrogen-bond donors (Lipinski definition) is 2.